The van der Waals surface area contributed by atoms with Gasteiger partial charge in [-0.2, -0.15) is 25.5 Å². The van der Waals surface area contributed by atoms with E-state index in [2.05, 4.69) is 72.8 Å². The number of nitriles is 2. The van der Waals surface area contributed by atoms with Gasteiger partial charge in [0.15, 0.2) is 5.65 Å². The molecule has 16 nitrogen and oxygen atoms in total. The van der Waals surface area contributed by atoms with E-state index in [4.69, 9.17) is 36.7 Å². The Bertz CT molecular complexity index is 4020. The zero-order valence-corrected chi connectivity index (χ0v) is 37.1. The van der Waals surface area contributed by atoms with Gasteiger partial charge >= 0.3 is 0 Å². The summed E-state index contributed by atoms with van der Waals surface area (Å²) in [5, 5.41) is 40.3. The number of nitrogens with zero attached hydrogens (tertiary/aromatic N) is 11. The van der Waals surface area contributed by atoms with Gasteiger partial charge in [-0.15, -0.1) is 10.2 Å². The van der Waals surface area contributed by atoms with Crippen molar-refractivity contribution in [2.24, 2.45) is 0 Å². The van der Waals surface area contributed by atoms with E-state index in [9.17, 15) is 10.5 Å². The van der Waals surface area contributed by atoms with Gasteiger partial charge in [0.1, 0.15) is 34.3 Å². The number of imidazole rings is 2. The Hall–Kier alpha value is -10.1. The molecule has 6 heterocycles. The predicted octanol–water partition coefficient (Wildman–Crippen LogP) is 9.23. The van der Waals surface area contributed by atoms with Gasteiger partial charge in [-0.05, 0) is 99.6 Å². The lowest BCUT2D eigenvalue weighted by atomic mass is 9.87. The Balaban J connectivity index is 0.936. The molecule has 0 fully saturated rings. The predicted molar refractivity (Wildman–Crippen MR) is 267 cm³/mol. The highest BCUT2D eigenvalue weighted by Crippen LogP contribution is 2.38. The van der Waals surface area contributed by atoms with Crippen LogP contribution in [-0.2, 0) is 12.8 Å². The first-order valence-corrected chi connectivity index (χ1v) is 22.5. The van der Waals surface area contributed by atoms with Crippen LogP contribution < -0.4 is 11.5 Å². The van der Waals surface area contributed by atoms with Crippen LogP contribution in [0.3, 0.4) is 0 Å². The second-order valence-electron chi connectivity index (χ2n) is 17.1. The number of rotatable bonds is 11. The maximum atomic E-state index is 9.96. The van der Waals surface area contributed by atoms with E-state index in [1.165, 1.54) is 0 Å². The maximum absolute atomic E-state index is 9.96. The maximum Gasteiger partial charge on any atom is 0.203 e. The van der Waals surface area contributed by atoms with E-state index in [0.29, 0.717) is 63.6 Å². The number of hydrogen-bond donors (Lipinski definition) is 5. The lowest BCUT2D eigenvalue weighted by Gasteiger charge is -2.19. The van der Waals surface area contributed by atoms with E-state index in [1.54, 1.807) is 4.68 Å². The molecule has 6 aromatic heterocycles. The number of H-pyrrole nitrogens is 3. The highest BCUT2D eigenvalue weighted by atomic mass is 15.4. The van der Waals surface area contributed by atoms with Gasteiger partial charge < -0.3 is 21.4 Å². The zero-order chi connectivity index (χ0) is 47.3. The fraction of sp³-hybridized carbons (Fsp3) is 0.0741. The van der Waals surface area contributed by atoms with Crippen molar-refractivity contribution in [3.05, 3.63) is 197 Å². The molecule has 12 aromatic rings. The van der Waals surface area contributed by atoms with E-state index < -0.39 is 0 Å². The molecule has 0 amide bonds. The fourth-order valence-electron chi connectivity index (χ4n) is 9.53. The molecule has 0 saturated carbocycles. The molecule has 0 aliphatic carbocycles. The summed E-state index contributed by atoms with van der Waals surface area (Å²) >= 11 is 0. The average molecular weight is 911 g/mol. The normalized spacial score (nSPS) is 12.4. The number of nitrogens with two attached hydrogens (primary N) is 2. The van der Waals surface area contributed by atoms with E-state index in [1.807, 2.05) is 121 Å². The molecule has 12 rings (SSSR count). The van der Waals surface area contributed by atoms with Crippen molar-refractivity contribution in [3.8, 4) is 40.1 Å². The molecular formula is C54H38N16. The number of pyridine rings is 2. The first-order chi connectivity index (χ1) is 34.3. The summed E-state index contributed by atoms with van der Waals surface area (Å²) in [5.74, 6) is 1.50. The Morgan fingerprint density at radius 2 is 1.23 bits per heavy atom. The number of anilines is 2. The molecule has 0 saturated heterocycles. The van der Waals surface area contributed by atoms with E-state index >= 15 is 0 Å². The lowest BCUT2D eigenvalue weighted by molar-refractivity contribution is 0.764. The summed E-state index contributed by atoms with van der Waals surface area (Å²) in [5.41, 5.74) is 27.7. The van der Waals surface area contributed by atoms with Crippen molar-refractivity contribution < 1.29 is 0 Å². The van der Waals surface area contributed by atoms with Crippen LogP contribution in [0.5, 0.6) is 0 Å². The number of aromatic nitrogens is 12. The number of aromatic amines is 3. The summed E-state index contributed by atoms with van der Waals surface area (Å²) < 4.78 is 1.72. The molecule has 0 aliphatic rings. The molecule has 6 aromatic carbocycles. The summed E-state index contributed by atoms with van der Waals surface area (Å²) in [7, 11) is 0. The van der Waals surface area contributed by atoms with Gasteiger partial charge in [0.2, 0.25) is 5.65 Å². The minimum absolute atomic E-state index is 0.267. The van der Waals surface area contributed by atoms with Gasteiger partial charge in [-0.25, -0.2) is 19.9 Å². The minimum atomic E-state index is -0.335. The molecule has 0 aliphatic heterocycles. The molecule has 334 valence electrons. The van der Waals surface area contributed by atoms with Crippen molar-refractivity contribution >= 4 is 56.0 Å². The van der Waals surface area contributed by atoms with Crippen LogP contribution in [0.1, 0.15) is 56.9 Å². The quantitative estimate of drug-likeness (QED) is 0.0814. The Kier molecular flexibility index (Phi) is 10.0. The standard InChI is InChI=1S/C54H38N16/c55-28-30-14-16-32(17-15-30)35-18-19-43-44(23-35)60-48(59-43)27-39(41-24-46(57)62-53-51(41)65-68-67-53)36-12-7-13-37(22-36)70-54-52(66-69-70)42(25-47(58)63-54)38(33-8-3-1-4-9-33)26-49-61-45-21-31(29-56)20-40(50(45)64-49)34-10-5-2-6-11-34/h1-25,38-39H,26-27H2,(H2,58,63)(H,59,60)(H,61,64)(H3,57,62,65,67,68)/t38-,39-/m1/s1. The molecule has 7 N–H and O–H groups in total. The number of hydrogen-bond acceptors (Lipinski definition) is 12. The first-order valence-electron chi connectivity index (χ1n) is 22.5. The summed E-state index contributed by atoms with van der Waals surface area (Å²) in [6.07, 6.45) is 0.899. The van der Waals surface area contributed by atoms with Gasteiger partial charge in [-0.1, -0.05) is 96.2 Å². The third-order valence-corrected chi connectivity index (χ3v) is 12.8. The topological polar surface area (TPSA) is 255 Å². The lowest BCUT2D eigenvalue weighted by Crippen LogP contribution is -2.10. The Morgan fingerprint density at radius 3 is 2.01 bits per heavy atom. The zero-order valence-electron chi connectivity index (χ0n) is 37.1. The number of fused-ring (bicyclic) bond motifs is 4. The SMILES string of the molecule is N#Cc1ccc(-c2ccc3nc(C[C@H](c4cccc(-n5nnc6c([C@H](Cc7nc8c(-c9ccccc9)cc(C#N)cc8[nH]7)c7ccccc7)cc(N)nc65)c4)c4cc(N)nc5n[nH]nc45)[nH]c3c2)cc1. The van der Waals surface area contributed by atoms with Crippen molar-refractivity contribution in [1.29, 1.82) is 10.5 Å². The third-order valence-electron chi connectivity index (χ3n) is 12.8. The van der Waals surface area contributed by atoms with Crippen LogP contribution in [0.2, 0.25) is 0 Å². The van der Waals surface area contributed by atoms with Gasteiger partial charge in [-0.3, -0.25) is 0 Å². The van der Waals surface area contributed by atoms with Gasteiger partial charge in [0.25, 0.3) is 0 Å². The molecular weight excluding hydrogens is 873 g/mol. The summed E-state index contributed by atoms with van der Waals surface area (Å²) in [6.45, 7) is 0. The van der Waals surface area contributed by atoms with Crippen molar-refractivity contribution in [2.75, 3.05) is 11.5 Å². The monoisotopic (exact) mass is 910 g/mol. The largest absolute Gasteiger partial charge is 0.384 e. The Morgan fingerprint density at radius 1 is 0.543 bits per heavy atom. The summed E-state index contributed by atoms with van der Waals surface area (Å²) in [4.78, 5) is 26.6. The minimum Gasteiger partial charge on any atom is -0.384 e. The first kappa shape index (κ1) is 41.4. The molecule has 16 heteroatoms. The number of nitrogens with one attached hydrogen (secondary N) is 3. The van der Waals surface area contributed by atoms with Crippen molar-refractivity contribution in [1.82, 2.24) is 60.3 Å². The van der Waals surface area contributed by atoms with Crippen LogP contribution in [0.15, 0.2) is 152 Å². The van der Waals surface area contributed by atoms with Crippen LogP contribution >= 0.6 is 0 Å². The molecule has 0 unspecified atom stereocenters. The smallest absolute Gasteiger partial charge is 0.203 e. The van der Waals surface area contributed by atoms with Crippen molar-refractivity contribution in [3.63, 3.8) is 0 Å². The molecule has 0 bridgehead atoms. The van der Waals surface area contributed by atoms with Gasteiger partial charge in [0, 0.05) is 30.2 Å². The Labute approximate surface area is 398 Å². The van der Waals surface area contributed by atoms with Crippen LogP contribution in [0.25, 0.3) is 72.3 Å². The molecule has 0 spiro atoms. The molecule has 2 atom stereocenters. The van der Waals surface area contributed by atoms with Crippen LogP contribution in [0.4, 0.5) is 11.6 Å². The second-order valence-corrected chi connectivity index (χ2v) is 17.1. The van der Waals surface area contributed by atoms with Gasteiger partial charge in [0.05, 0.1) is 51.0 Å². The van der Waals surface area contributed by atoms with Crippen LogP contribution in [0, 0.1) is 22.7 Å². The average Bonchev–Trinajstić information content (AvgIpc) is 4.23. The third kappa shape index (κ3) is 7.53. The fourth-order valence-corrected chi connectivity index (χ4v) is 9.53. The van der Waals surface area contributed by atoms with E-state index in [0.717, 1.165) is 78.2 Å². The number of benzene rings is 6. The van der Waals surface area contributed by atoms with Crippen molar-refractivity contribution in [2.45, 2.75) is 24.7 Å². The second kappa shape index (κ2) is 17.0. The highest BCUT2D eigenvalue weighted by Gasteiger charge is 2.27. The van der Waals surface area contributed by atoms with Crippen LogP contribution in [-0.4, -0.2) is 60.3 Å². The summed E-state index contributed by atoms with van der Waals surface area (Å²) in [6, 6.07) is 53.7. The van der Waals surface area contributed by atoms with E-state index in [-0.39, 0.29) is 11.8 Å². The molecule has 70 heavy (non-hydrogen) atoms. The number of nitrogen functional groups attached to an aromatic ring is 2. The highest BCUT2D eigenvalue weighted by molar-refractivity contribution is 5.93. The molecule has 0 radical (unpaired) electrons.